The molecule has 0 aliphatic carbocycles. The van der Waals surface area contributed by atoms with E-state index in [1.54, 1.807) is 46.5 Å². The predicted molar refractivity (Wildman–Crippen MR) is 70.0 cm³/mol. The minimum absolute atomic E-state index is 0.0518. The zero-order chi connectivity index (χ0) is 13.7. The summed E-state index contributed by atoms with van der Waals surface area (Å²) in [7, 11) is 6.56. The molecule has 0 spiro atoms. The van der Waals surface area contributed by atoms with Crippen molar-refractivity contribution in [3.8, 4) is 11.5 Å². The first-order chi connectivity index (χ1) is 8.54. The quantitative estimate of drug-likeness (QED) is 0.843. The lowest BCUT2D eigenvalue weighted by atomic mass is 9.96. The van der Waals surface area contributed by atoms with Crippen LogP contribution in [-0.2, 0) is 4.79 Å². The van der Waals surface area contributed by atoms with Crippen LogP contribution >= 0.6 is 0 Å². The number of hydrogen-bond acceptors (Lipinski definition) is 4. The molecule has 1 aromatic rings. The van der Waals surface area contributed by atoms with Crippen molar-refractivity contribution in [2.24, 2.45) is 5.73 Å². The summed E-state index contributed by atoms with van der Waals surface area (Å²) in [4.78, 5) is 13.6. The molecule has 1 amide bonds. The number of rotatable bonds is 5. The highest BCUT2D eigenvalue weighted by molar-refractivity contribution is 5.84. The lowest BCUT2D eigenvalue weighted by molar-refractivity contribution is -0.130. The summed E-state index contributed by atoms with van der Waals surface area (Å²) in [5, 5.41) is 0. The second-order valence-electron chi connectivity index (χ2n) is 4.13. The summed E-state index contributed by atoms with van der Waals surface area (Å²) in [6, 6.07) is 5.35. The van der Waals surface area contributed by atoms with Crippen LogP contribution in [0.2, 0.25) is 0 Å². The summed E-state index contributed by atoms with van der Waals surface area (Å²) >= 11 is 0. The number of hydrogen-bond donors (Lipinski definition) is 1. The van der Waals surface area contributed by atoms with Crippen molar-refractivity contribution < 1.29 is 14.3 Å². The number of benzene rings is 1. The molecular weight excluding hydrogens is 232 g/mol. The Balaban J connectivity index is 3.21. The fourth-order valence-corrected chi connectivity index (χ4v) is 1.78. The smallest absolute Gasteiger partial charge is 0.231 e. The Hall–Kier alpha value is -1.75. The van der Waals surface area contributed by atoms with Gasteiger partial charge in [-0.2, -0.15) is 0 Å². The van der Waals surface area contributed by atoms with E-state index in [0.717, 1.165) is 5.56 Å². The zero-order valence-electron chi connectivity index (χ0n) is 11.3. The normalized spacial score (nSPS) is 11.8. The minimum atomic E-state index is -0.426. The van der Waals surface area contributed by atoms with Gasteiger partial charge < -0.3 is 20.1 Å². The highest BCUT2D eigenvalue weighted by atomic mass is 16.5. The number of methoxy groups -OCH3 is 2. The number of amides is 1. The van der Waals surface area contributed by atoms with Gasteiger partial charge in [-0.25, -0.2) is 0 Å². The average Bonchev–Trinajstić information content (AvgIpc) is 2.39. The monoisotopic (exact) mass is 252 g/mol. The van der Waals surface area contributed by atoms with E-state index in [1.165, 1.54) is 4.90 Å². The zero-order valence-corrected chi connectivity index (χ0v) is 11.3. The van der Waals surface area contributed by atoms with Crippen molar-refractivity contribution in [2.75, 3.05) is 34.9 Å². The Labute approximate surface area is 107 Å². The second kappa shape index (κ2) is 6.26. The first-order valence-corrected chi connectivity index (χ1v) is 5.68. The molecular formula is C13H20N2O3. The summed E-state index contributed by atoms with van der Waals surface area (Å²) in [6.45, 7) is 0.223. The van der Waals surface area contributed by atoms with Gasteiger partial charge in [-0.3, -0.25) is 4.79 Å². The molecule has 0 heterocycles. The Morgan fingerprint density at radius 2 is 2.00 bits per heavy atom. The van der Waals surface area contributed by atoms with Gasteiger partial charge in [-0.15, -0.1) is 0 Å². The summed E-state index contributed by atoms with van der Waals surface area (Å²) in [6.07, 6.45) is 0. The molecule has 1 rings (SSSR count). The molecule has 0 saturated heterocycles. The third-order valence-corrected chi connectivity index (χ3v) is 2.79. The third-order valence-electron chi connectivity index (χ3n) is 2.79. The van der Waals surface area contributed by atoms with Gasteiger partial charge in [0.25, 0.3) is 0 Å². The van der Waals surface area contributed by atoms with Crippen LogP contribution in [0.1, 0.15) is 11.5 Å². The lowest BCUT2D eigenvalue weighted by Crippen LogP contribution is -2.32. The Morgan fingerprint density at radius 3 is 2.44 bits per heavy atom. The number of nitrogens with two attached hydrogens (primary N) is 1. The molecule has 1 atom stereocenters. The molecule has 0 saturated carbocycles. The van der Waals surface area contributed by atoms with Gasteiger partial charge in [-0.1, -0.05) is 0 Å². The number of nitrogens with zero attached hydrogens (tertiary/aromatic N) is 1. The SMILES string of the molecule is COc1ccc(OC)c(C(CN)C(=O)N(C)C)c1. The van der Waals surface area contributed by atoms with E-state index in [1.807, 2.05) is 0 Å². The van der Waals surface area contributed by atoms with E-state index < -0.39 is 5.92 Å². The maximum Gasteiger partial charge on any atom is 0.231 e. The molecule has 5 heteroatoms. The largest absolute Gasteiger partial charge is 0.497 e. The predicted octanol–water partition coefficient (Wildman–Crippen LogP) is 0.834. The Bertz CT molecular complexity index is 419. The van der Waals surface area contributed by atoms with E-state index >= 15 is 0 Å². The van der Waals surface area contributed by atoms with Crippen LogP contribution in [-0.4, -0.2) is 45.7 Å². The van der Waals surface area contributed by atoms with Crippen LogP contribution in [0.4, 0.5) is 0 Å². The standard InChI is InChI=1S/C13H20N2O3/c1-15(2)13(16)11(8-14)10-7-9(17-3)5-6-12(10)18-4/h5-7,11H,8,14H2,1-4H3. The molecule has 0 bridgehead atoms. The first-order valence-electron chi connectivity index (χ1n) is 5.68. The molecule has 0 aliphatic rings. The fourth-order valence-electron chi connectivity index (χ4n) is 1.78. The van der Waals surface area contributed by atoms with Crippen LogP contribution in [0.15, 0.2) is 18.2 Å². The maximum atomic E-state index is 12.1. The molecule has 1 aromatic carbocycles. The number of likely N-dealkylation sites (N-methyl/N-ethyl adjacent to an activating group) is 1. The molecule has 0 fully saturated rings. The Kier molecular flexibility index (Phi) is 4.97. The van der Waals surface area contributed by atoms with Gasteiger partial charge in [0.1, 0.15) is 11.5 Å². The highest BCUT2D eigenvalue weighted by Crippen LogP contribution is 2.31. The van der Waals surface area contributed by atoms with E-state index in [4.69, 9.17) is 15.2 Å². The van der Waals surface area contributed by atoms with Crippen molar-refractivity contribution in [1.29, 1.82) is 0 Å². The Morgan fingerprint density at radius 1 is 1.33 bits per heavy atom. The summed E-state index contributed by atoms with van der Waals surface area (Å²) < 4.78 is 10.4. The van der Waals surface area contributed by atoms with Gasteiger partial charge >= 0.3 is 0 Å². The van der Waals surface area contributed by atoms with E-state index in [9.17, 15) is 4.79 Å². The molecule has 5 nitrogen and oxygen atoms in total. The number of carbonyl (C=O) groups is 1. The van der Waals surface area contributed by atoms with Crippen LogP contribution in [0.3, 0.4) is 0 Å². The fraction of sp³-hybridized carbons (Fsp3) is 0.462. The second-order valence-corrected chi connectivity index (χ2v) is 4.13. The minimum Gasteiger partial charge on any atom is -0.497 e. The van der Waals surface area contributed by atoms with Crippen molar-refractivity contribution in [2.45, 2.75) is 5.92 Å². The molecule has 0 radical (unpaired) electrons. The van der Waals surface area contributed by atoms with Crippen molar-refractivity contribution >= 4 is 5.91 Å². The molecule has 0 aromatic heterocycles. The molecule has 1 unspecified atom stereocenters. The third kappa shape index (κ3) is 2.92. The van der Waals surface area contributed by atoms with Crippen molar-refractivity contribution in [1.82, 2.24) is 4.90 Å². The molecule has 100 valence electrons. The van der Waals surface area contributed by atoms with Gasteiger partial charge in [-0.05, 0) is 18.2 Å². The van der Waals surface area contributed by atoms with E-state index in [-0.39, 0.29) is 12.5 Å². The van der Waals surface area contributed by atoms with E-state index in [0.29, 0.717) is 11.5 Å². The van der Waals surface area contributed by atoms with E-state index in [2.05, 4.69) is 0 Å². The highest BCUT2D eigenvalue weighted by Gasteiger charge is 2.24. The van der Waals surface area contributed by atoms with Crippen molar-refractivity contribution in [3.05, 3.63) is 23.8 Å². The van der Waals surface area contributed by atoms with Gasteiger partial charge in [0, 0.05) is 26.2 Å². The topological polar surface area (TPSA) is 64.8 Å². The summed E-state index contributed by atoms with van der Waals surface area (Å²) in [5.74, 6) is 0.839. The van der Waals surface area contributed by atoms with Crippen LogP contribution in [0.25, 0.3) is 0 Å². The van der Waals surface area contributed by atoms with Gasteiger partial charge in [0.05, 0.1) is 20.1 Å². The molecule has 0 aliphatic heterocycles. The number of ether oxygens (including phenoxy) is 2. The molecule has 2 N–H and O–H groups in total. The average molecular weight is 252 g/mol. The first kappa shape index (κ1) is 14.3. The van der Waals surface area contributed by atoms with Gasteiger partial charge in [0.15, 0.2) is 0 Å². The van der Waals surface area contributed by atoms with Crippen LogP contribution in [0, 0.1) is 0 Å². The molecule has 18 heavy (non-hydrogen) atoms. The van der Waals surface area contributed by atoms with Crippen LogP contribution in [0.5, 0.6) is 11.5 Å². The van der Waals surface area contributed by atoms with Gasteiger partial charge in [0.2, 0.25) is 5.91 Å². The lowest BCUT2D eigenvalue weighted by Gasteiger charge is -2.21. The maximum absolute atomic E-state index is 12.1. The van der Waals surface area contributed by atoms with Crippen LogP contribution < -0.4 is 15.2 Å². The summed E-state index contributed by atoms with van der Waals surface area (Å²) in [5.41, 5.74) is 6.46. The number of carbonyl (C=O) groups excluding carboxylic acids is 1. The van der Waals surface area contributed by atoms with Crippen molar-refractivity contribution in [3.63, 3.8) is 0 Å².